The smallest absolute Gasteiger partial charge is 0.193 e. The molecule has 0 unspecified atom stereocenters. The standard InChI is InChI=1S/C21H29N3O2.HI/c1-5-26-20-14-17(8-9-19(20)25-4)7-6-10-23-21(22)24-18-12-15(2)11-16(3)13-18;/h8-9,11-14H,5-7,10H2,1-4H3,(H3,22,23,24);1H. The van der Waals surface area contributed by atoms with Crippen LogP contribution < -0.4 is 20.5 Å². The van der Waals surface area contributed by atoms with Gasteiger partial charge in [-0.05, 0) is 74.6 Å². The van der Waals surface area contributed by atoms with Gasteiger partial charge in [0.2, 0.25) is 0 Å². The summed E-state index contributed by atoms with van der Waals surface area (Å²) >= 11 is 0. The Labute approximate surface area is 179 Å². The average Bonchev–Trinajstić information content (AvgIpc) is 2.58. The van der Waals surface area contributed by atoms with Crippen LogP contribution in [0.3, 0.4) is 0 Å². The van der Waals surface area contributed by atoms with Crippen LogP contribution >= 0.6 is 24.0 Å². The van der Waals surface area contributed by atoms with Gasteiger partial charge in [-0.3, -0.25) is 4.99 Å². The Kier molecular flexibility index (Phi) is 9.99. The Hall–Kier alpha value is -1.96. The quantitative estimate of drug-likeness (QED) is 0.248. The number of rotatable bonds is 8. The number of aliphatic imine (C=N–C) groups is 1. The number of guanidine groups is 1. The highest BCUT2D eigenvalue weighted by Crippen LogP contribution is 2.28. The summed E-state index contributed by atoms with van der Waals surface area (Å²) in [5.41, 5.74) is 10.6. The number of ether oxygens (including phenoxy) is 2. The SMILES string of the molecule is CCOc1cc(CCCN=C(N)Nc2cc(C)cc(C)c2)ccc1OC.I. The van der Waals surface area contributed by atoms with Gasteiger partial charge >= 0.3 is 0 Å². The lowest BCUT2D eigenvalue weighted by molar-refractivity contribution is 0.310. The van der Waals surface area contributed by atoms with E-state index in [0.717, 1.165) is 30.0 Å². The van der Waals surface area contributed by atoms with Gasteiger partial charge in [-0.2, -0.15) is 0 Å². The highest BCUT2D eigenvalue weighted by molar-refractivity contribution is 14.0. The Morgan fingerprint density at radius 2 is 1.78 bits per heavy atom. The van der Waals surface area contributed by atoms with Gasteiger partial charge in [-0.25, -0.2) is 0 Å². The maximum absolute atomic E-state index is 5.99. The molecule has 0 aliphatic carbocycles. The Morgan fingerprint density at radius 1 is 1.07 bits per heavy atom. The summed E-state index contributed by atoms with van der Waals surface area (Å²) < 4.78 is 10.9. The first kappa shape index (κ1) is 23.1. The van der Waals surface area contributed by atoms with Crippen molar-refractivity contribution in [3.63, 3.8) is 0 Å². The molecule has 0 aliphatic rings. The van der Waals surface area contributed by atoms with E-state index in [0.29, 0.717) is 19.1 Å². The largest absolute Gasteiger partial charge is 0.493 e. The third-order valence-electron chi connectivity index (χ3n) is 3.93. The fourth-order valence-corrected chi connectivity index (χ4v) is 2.86. The summed E-state index contributed by atoms with van der Waals surface area (Å²) in [5.74, 6) is 1.99. The van der Waals surface area contributed by atoms with Crippen molar-refractivity contribution >= 4 is 35.6 Å². The summed E-state index contributed by atoms with van der Waals surface area (Å²) in [4.78, 5) is 4.41. The van der Waals surface area contributed by atoms with Crippen LogP contribution in [0.25, 0.3) is 0 Å². The molecule has 5 nitrogen and oxygen atoms in total. The number of hydrogen-bond donors (Lipinski definition) is 2. The van der Waals surface area contributed by atoms with Gasteiger partial charge in [-0.1, -0.05) is 12.1 Å². The zero-order chi connectivity index (χ0) is 18.9. The maximum Gasteiger partial charge on any atom is 0.193 e. The fourth-order valence-electron chi connectivity index (χ4n) is 2.86. The van der Waals surface area contributed by atoms with Gasteiger partial charge in [0, 0.05) is 12.2 Å². The summed E-state index contributed by atoms with van der Waals surface area (Å²) in [5, 5.41) is 3.15. The molecule has 0 amide bonds. The molecule has 3 N–H and O–H groups in total. The van der Waals surface area contributed by atoms with E-state index >= 15 is 0 Å². The second kappa shape index (κ2) is 11.7. The molecule has 2 aromatic rings. The molecular formula is C21H30IN3O2. The fraction of sp³-hybridized carbons (Fsp3) is 0.381. The number of hydrogen-bond acceptors (Lipinski definition) is 3. The number of aryl methyl sites for hydroxylation is 3. The maximum atomic E-state index is 5.99. The highest BCUT2D eigenvalue weighted by Gasteiger charge is 2.05. The Morgan fingerprint density at radius 3 is 2.41 bits per heavy atom. The molecule has 0 fully saturated rings. The lowest BCUT2D eigenvalue weighted by Gasteiger charge is -2.11. The van der Waals surface area contributed by atoms with Crippen molar-refractivity contribution in [1.82, 2.24) is 0 Å². The minimum absolute atomic E-state index is 0. The lowest BCUT2D eigenvalue weighted by Crippen LogP contribution is -2.23. The highest BCUT2D eigenvalue weighted by atomic mass is 127. The molecule has 0 atom stereocenters. The van der Waals surface area contributed by atoms with E-state index in [2.05, 4.69) is 48.4 Å². The molecule has 148 valence electrons. The van der Waals surface area contributed by atoms with Crippen LogP contribution in [0.15, 0.2) is 41.4 Å². The monoisotopic (exact) mass is 483 g/mol. The number of benzene rings is 2. The van der Waals surface area contributed by atoms with Gasteiger partial charge in [0.1, 0.15) is 0 Å². The van der Waals surface area contributed by atoms with Crippen LogP contribution in [0.2, 0.25) is 0 Å². The van der Waals surface area contributed by atoms with Gasteiger partial charge in [0.05, 0.1) is 13.7 Å². The van der Waals surface area contributed by atoms with Crippen molar-refractivity contribution in [2.75, 3.05) is 25.6 Å². The van der Waals surface area contributed by atoms with Crippen LogP contribution in [0, 0.1) is 13.8 Å². The number of halogens is 1. The first-order valence-electron chi connectivity index (χ1n) is 8.96. The van der Waals surface area contributed by atoms with Crippen LogP contribution in [-0.2, 0) is 6.42 Å². The molecule has 6 heteroatoms. The number of nitrogens with one attached hydrogen (secondary N) is 1. The predicted octanol–water partition coefficient (Wildman–Crippen LogP) is 4.69. The first-order chi connectivity index (χ1) is 12.5. The van der Waals surface area contributed by atoms with Gasteiger partial charge < -0.3 is 20.5 Å². The molecule has 0 bridgehead atoms. The summed E-state index contributed by atoms with van der Waals surface area (Å²) in [7, 11) is 1.65. The average molecular weight is 483 g/mol. The molecule has 0 aliphatic heterocycles. The van der Waals surface area contributed by atoms with Crippen molar-refractivity contribution in [3.8, 4) is 11.5 Å². The van der Waals surface area contributed by atoms with Crippen LogP contribution in [0.1, 0.15) is 30.0 Å². The third-order valence-corrected chi connectivity index (χ3v) is 3.93. The molecule has 0 saturated carbocycles. The van der Waals surface area contributed by atoms with Gasteiger partial charge in [0.25, 0.3) is 0 Å². The minimum atomic E-state index is 0. The zero-order valence-electron chi connectivity index (χ0n) is 16.5. The summed E-state index contributed by atoms with van der Waals surface area (Å²) in [6.45, 7) is 7.38. The number of nitrogens with two attached hydrogens (primary N) is 1. The molecule has 2 aromatic carbocycles. The molecule has 0 saturated heterocycles. The zero-order valence-corrected chi connectivity index (χ0v) is 18.9. The molecule has 27 heavy (non-hydrogen) atoms. The molecule has 0 heterocycles. The second-order valence-corrected chi connectivity index (χ2v) is 6.29. The van der Waals surface area contributed by atoms with E-state index in [4.69, 9.17) is 15.2 Å². The Bertz CT molecular complexity index is 743. The van der Waals surface area contributed by atoms with Crippen molar-refractivity contribution in [2.24, 2.45) is 10.7 Å². The van der Waals surface area contributed by atoms with E-state index in [-0.39, 0.29) is 24.0 Å². The summed E-state index contributed by atoms with van der Waals surface area (Å²) in [6, 6.07) is 12.3. The molecule has 0 radical (unpaired) electrons. The normalized spacial score (nSPS) is 10.9. The van der Waals surface area contributed by atoms with Crippen molar-refractivity contribution in [1.29, 1.82) is 0 Å². The minimum Gasteiger partial charge on any atom is -0.493 e. The Balaban J connectivity index is 0.00000364. The third kappa shape index (κ3) is 7.66. The first-order valence-corrected chi connectivity index (χ1v) is 8.96. The molecule has 0 aromatic heterocycles. The summed E-state index contributed by atoms with van der Waals surface area (Å²) in [6.07, 6.45) is 1.82. The van der Waals surface area contributed by atoms with Crippen molar-refractivity contribution in [3.05, 3.63) is 53.1 Å². The van der Waals surface area contributed by atoms with Crippen LogP contribution in [-0.4, -0.2) is 26.2 Å². The van der Waals surface area contributed by atoms with E-state index < -0.39 is 0 Å². The van der Waals surface area contributed by atoms with Crippen molar-refractivity contribution < 1.29 is 9.47 Å². The molecule has 0 spiro atoms. The lowest BCUT2D eigenvalue weighted by atomic mass is 10.1. The van der Waals surface area contributed by atoms with E-state index in [1.165, 1.54) is 16.7 Å². The molecular weight excluding hydrogens is 453 g/mol. The second-order valence-electron chi connectivity index (χ2n) is 6.29. The topological polar surface area (TPSA) is 68.9 Å². The van der Waals surface area contributed by atoms with Gasteiger partial charge in [0.15, 0.2) is 17.5 Å². The van der Waals surface area contributed by atoms with Crippen molar-refractivity contribution in [2.45, 2.75) is 33.6 Å². The number of methoxy groups -OCH3 is 1. The molecule has 2 rings (SSSR count). The number of anilines is 1. The van der Waals surface area contributed by atoms with Gasteiger partial charge in [-0.15, -0.1) is 24.0 Å². The van der Waals surface area contributed by atoms with Crippen LogP contribution in [0.4, 0.5) is 5.69 Å². The van der Waals surface area contributed by atoms with E-state index in [1.807, 2.05) is 19.1 Å². The van der Waals surface area contributed by atoms with Crippen LogP contribution in [0.5, 0.6) is 11.5 Å². The van der Waals surface area contributed by atoms with E-state index in [9.17, 15) is 0 Å². The predicted molar refractivity (Wildman–Crippen MR) is 124 cm³/mol. The number of nitrogens with zero attached hydrogens (tertiary/aromatic N) is 1. The van der Waals surface area contributed by atoms with E-state index in [1.54, 1.807) is 7.11 Å².